The van der Waals surface area contributed by atoms with Gasteiger partial charge < -0.3 is 14.8 Å². The van der Waals surface area contributed by atoms with Crippen molar-refractivity contribution in [2.24, 2.45) is 0 Å². The first-order chi connectivity index (χ1) is 16.1. The SMILES string of the molecule is CCCCCCCCOC(=O)C1=C(C)Nc2nc3ccccc3n2[C@H]1c1cccc(OC)c1. The van der Waals surface area contributed by atoms with Crippen LogP contribution in [0.2, 0.25) is 0 Å². The third-order valence-corrected chi connectivity index (χ3v) is 6.19. The number of imidazole rings is 1. The van der Waals surface area contributed by atoms with Crippen molar-refractivity contribution in [1.82, 2.24) is 9.55 Å². The topological polar surface area (TPSA) is 65.4 Å². The number of unbranched alkanes of at least 4 members (excludes halogenated alkanes) is 5. The quantitative estimate of drug-likeness (QED) is 0.294. The molecule has 33 heavy (non-hydrogen) atoms. The summed E-state index contributed by atoms with van der Waals surface area (Å²) in [6.45, 7) is 4.56. The van der Waals surface area contributed by atoms with Gasteiger partial charge in [-0.15, -0.1) is 0 Å². The standard InChI is InChI=1S/C27H33N3O3/c1-4-5-6-7-8-11-17-33-26(31)24-19(2)28-27-29-22-15-9-10-16-23(22)30(27)25(24)20-13-12-14-21(18-20)32-3/h9-10,12-16,18,25H,4-8,11,17H2,1-3H3,(H,28,29)/t25-/m0/s1. The molecule has 4 rings (SSSR count). The summed E-state index contributed by atoms with van der Waals surface area (Å²) in [6.07, 6.45) is 6.89. The third kappa shape index (κ3) is 4.90. The molecule has 0 saturated heterocycles. The average Bonchev–Trinajstić information content (AvgIpc) is 3.20. The Morgan fingerprint density at radius 1 is 1.06 bits per heavy atom. The Hall–Kier alpha value is -3.28. The van der Waals surface area contributed by atoms with Crippen LogP contribution in [0.15, 0.2) is 59.8 Å². The molecule has 0 bridgehead atoms. The number of carbonyl (C=O) groups is 1. The van der Waals surface area contributed by atoms with E-state index in [2.05, 4.69) is 16.8 Å². The van der Waals surface area contributed by atoms with Gasteiger partial charge in [0.25, 0.3) is 0 Å². The molecule has 1 aliphatic rings. The Morgan fingerprint density at radius 2 is 1.85 bits per heavy atom. The predicted octanol–water partition coefficient (Wildman–Crippen LogP) is 6.24. The highest BCUT2D eigenvalue weighted by Crippen LogP contribution is 2.40. The van der Waals surface area contributed by atoms with Crippen LogP contribution in [0.25, 0.3) is 11.0 Å². The predicted molar refractivity (Wildman–Crippen MR) is 132 cm³/mol. The zero-order valence-corrected chi connectivity index (χ0v) is 19.8. The molecule has 0 unspecified atom stereocenters. The minimum Gasteiger partial charge on any atom is -0.497 e. The van der Waals surface area contributed by atoms with Crippen molar-refractivity contribution < 1.29 is 14.3 Å². The van der Waals surface area contributed by atoms with Crippen LogP contribution in [0.1, 0.15) is 64.0 Å². The van der Waals surface area contributed by atoms with Crippen molar-refractivity contribution in [1.29, 1.82) is 0 Å². The molecule has 2 heterocycles. The summed E-state index contributed by atoms with van der Waals surface area (Å²) < 4.78 is 13.3. The summed E-state index contributed by atoms with van der Waals surface area (Å²) in [5, 5.41) is 3.33. The maximum Gasteiger partial charge on any atom is 0.338 e. The second-order valence-electron chi connectivity index (χ2n) is 8.54. The van der Waals surface area contributed by atoms with E-state index in [0.29, 0.717) is 18.1 Å². The molecule has 6 heteroatoms. The molecule has 1 aromatic heterocycles. The van der Waals surface area contributed by atoms with Gasteiger partial charge in [-0.25, -0.2) is 9.78 Å². The third-order valence-electron chi connectivity index (χ3n) is 6.19. The number of para-hydroxylation sites is 2. The number of aromatic nitrogens is 2. The van der Waals surface area contributed by atoms with Crippen LogP contribution >= 0.6 is 0 Å². The normalized spacial score (nSPS) is 15.3. The average molecular weight is 448 g/mol. The molecule has 174 valence electrons. The summed E-state index contributed by atoms with van der Waals surface area (Å²) in [5.74, 6) is 1.17. The number of rotatable bonds is 10. The summed E-state index contributed by atoms with van der Waals surface area (Å²) in [7, 11) is 1.65. The van der Waals surface area contributed by atoms with Crippen LogP contribution in [0, 0.1) is 0 Å². The molecular weight excluding hydrogens is 414 g/mol. The smallest absolute Gasteiger partial charge is 0.338 e. The summed E-state index contributed by atoms with van der Waals surface area (Å²) in [5.41, 5.74) is 4.15. The van der Waals surface area contributed by atoms with E-state index in [1.807, 2.05) is 55.5 Å². The molecule has 1 atom stereocenters. The van der Waals surface area contributed by atoms with Crippen molar-refractivity contribution in [2.45, 2.75) is 58.4 Å². The Morgan fingerprint density at radius 3 is 2.67 bits per heavy atom. The van der Waals surface area contributed by atoms with E-state index in [9.17, 15) is 4.79 Å². The number of fused-ring (bicyclic) bond motifs is 3. The van der Waals surface area contributed by atoms with Gasteiger partial charge in [0.15, 0.2) is 0 Å². The molecule has 0 amide bonds. The number of hydrogen-bond donors (Lipinski definition) is 1. The van der Waals surface area contributed by atoms with Crippen LogP contribution in [0.3, 0.4) is 0 Å². The molecule has 0 radical (unpaired) electrons. The number of carbonyl (C=O) groups excluding carboxylic acids is 1. The number of methoxy groups -OCH3 is 1. The zero-order chi connectivity index (χ0) is 23.2. The molecule has 0 aliphatic carbocycles. The van der Waals surface area contributed by atoms with E-state index in [0.717, 1.165) is 40.9 Å². The van der Waals surface area contributed by atoms with E-state index in [4.69, 9.17) is 14.5 Å². The van der Waals surface area contributed by atoms with Crippen molar-refractivity contribution >= 4 is 23.0 Å². The van der Waals surface area contributed by atoms with Crippen LogP contribution in [-0.4, -0.2) is 29.2 Å². The molecule has 3 aromatic rings. The molecule has 6 nitrogen and oxygen atoms in total. The second kappa shape index (κ2) is 10.6. The van der Waals surface area contributed by atoms with Gasteiger partial charge in [-0.3, -0.25) is 4.57 Å². The summed E-state index contributed by atoms with van der Waals surface area (Å²) in [6, 6.07) is 15.5. The van der Waals surface area contributed by atoms with Crippen molar-refractivity contribution in [2.75, 3.05) is 19.0 Å². The second-order valence-corrected chi connectivity index (χ2v) is 8.54. The Bertz CT molecular complexity index is 1150. The number of esters is 1. The molecule has 0 fully saturated rings. The van der Waals surface area contributed by atoms with Crippen molar-refractivity contribution in [3.05, 3.63) is 65.4 Å². The number of anilines is 1. The first-order valence-electron chi connectivity index (χ1n) is 11.9. The number of ether oxygens (including phenoxy) is 2. The molecular formula is C27H33N3O3. The minimum atomic E-state index is -0.360. The molecule has 1 aliphatic heterocycles. The number of nitrogens with zero attached hydrogens (tertiary/aromatic N) is 2. The van der Waals surface area contributed by atoms with Crippen LogP contribution in [0.5, 0.6) is 5.75 Å². The largest absolute Gasteiger partial charge is 0.497 e. The lowest BCUT2D eigenvalue weighted by Gasteiger charge is -2.30. The van der Waals surface area contributed by atoms with Crippen LogP contribution in [0.4, 0.5) is 5.95 Å². The monoisotopic (exact) mass is 447 g/mol. The summed E-state index contributed by atoms with van der Waals surface area (Å²) >= 11 is 0. The maximum atomic E-state index is 13.4. The van der Waals surface area contributed by atoms with Gasteiger partial charge in [-0.05, 0) is 43.2 Å². The van der Waals surface area contributed by atoms with Gasteiger partial charge in [0, 0.05) is 5.70 Å². The van der Waals surface area contributed by atoms with Gasteiger partial charge in [0.05, 0.1) is 36.4 Å². The fourth-order valence-electron chi connectivity index (χ4n) is 4.48. The van der Waals surface area contributed by atoms with E-state index >= 15 is 0 Å². The summed E-state index contributed by atoms with van der Waals surface area (Å²) in [4.78, 5) is 18.1. The highest BCUT2D eigenvalue weighted by Gasteiger charge is 2.35. The zero-order valence-electron chi connectivity index (χ0n) is 19.8. The van der Waals surface area contributed by atoms with Crippen molar-refractivity contribution in [3.63, 3.8) is 0 Å². The van der Waals surface area contributed by atoms with Gasteiger partial charge in [0.1, 0.15) is 5.75 Å². The molecule has 2 aromatic carbocycles. The van der Waals surface area contributed by atoms with Gasteiger partial charge >= 0.3 is 5.97 Å². The lowest BCUT2D eigenvalue weighted by molar-refractivity contribution is -0.139. The lowest BCUT2D eigenvalue weighted by atomic mass is 9.95. The fourth-order valence-corrected chi connectivity index (χ4v) is 4.48. The lowest BCUT2D eigenvalue weighted by Crippen LogP contribution is -2.29. The Labute approximate surface area is 195 Å². The van der Waals surface area contributed by atoms with Crippen molar-refractivity contribution in [3.8, 4) is 5.75 Å². The number of allylic oxidation sites excluding steroid dienone is 1. The fraction of sp³-hybridized carbons (Fsp3) is 0.407. The van der Waals surface area contributed by atoms with E-state index in [-0.39, 0.29) is 12.0 Å². The van der Waals surface area contributed by atoms with E-state index < -0.39 is 0 Å². The minimum absolute atomic E-state index is 0.287. The van der Waals surface area contributed by atoms with Gasteiger partial charge in [0.2, 0.25) is 5.95 Å². The highest BCUT2D eigenvalue weighted by atomic mass is 16.5. The van der Waals surface area contributed by atoms with E-state index in [1.165, 1.54) is 25.7 Å². The Balaban J connectivity index is 1.64. The van der Waals surface area contributed by atoms with Crippen LogP contribution < -0.4 is 10.1 Å². The first-order valence-corrected chi connectivity index (χ1v) is 11.9. The van der Waals surface area contributed by atoms with Gasteiger partial charge in [-0.1, -0.05) is 63.3 Å². The van der Waals surface area contributed by atoms with E-state index in [1.54, 1.807) is 7.11 Å². The molecule has 1 N–H and O–H groups in total. The van der Waals surface area contributed by atoms with Crippen LogP contribution in [-0.2, 0) is 9.53 Å². The molecule has 0 saturated carbocycles. The number of hydrogen-bond acceptors (Lipinski definition) is 5. The number of nitrogens with one attached hydrogen (secondary N) is 1. The highest BCUT2D eigenvalue weighted by molar-refractivity contribution is 5.94. The maximum absolute atomic E-state index is 13.4. The Kier molecular flexibility index (Phi) is 7.33. The number of benzene rings is 2. The molecule has 0 spiro atoms. The van der Waals surface area contributed by atoms with Gasteiger partial charge in [-0.2, -0.15) is 0 Å². The first kappa shape index (κ1) is 22.9.